The van der Waals surface area contributed by atoms with Gasteiger partial charge in [-0.1, -0.05) is 13.3 Å². The highest BCUT2D eigenvalue weighted by Crippen LogP contribution is 1.87. The van der Waals surface area contributed by atoms with Crippen LogP contribution in [0.15, 0.2) is 12.3 Å². The molecule has 0 aliphatic heterocycles. The summed E-state index contributed by atoms with van der Waals surface area (Å²) in [5.41, 5.74) is 0. The lowest BCUT2D eigenvalue weighted by Crippen LogP contribution is -1.62. The lowest BCUT2D eigenvalue weighted by molar-refractivity contribution is 0.392. The van der Waals surface area contributed by atoms with E-state index in [9.17, 15) is 0 Å². The number of hydrogen-bond acceptors (Lipinski definition) is 1. The van der Waals surface area contributed by atoms with E-state index < -0.39 is 0 Å². The molecule has 0 N–H and O–H groups in total. The number of rotatable bonds is 3. The van der Waals surface area contributed by atoms with Crippen LogP contribution in [0.3, 0.4) is 0 Å². The zero-order valence-electron chi connectivity index (χ0n) is 4.68. The van der Waals surface area contributed by atoms with Crippen LogP contribution in [0.2, 0.25) is 0 Å². The van der Waals surface area contributed by atoms with E-state index >= 15 is 0 Å². The van der Waals surface area contributed by atoms with Crippen molar-refractivity contribution in [1.29, 1.82) is 0 Å². The van der Waals surface area contributed by atoms with Crippen LogP contribution < -0.4 is 0 Å². The van der Waals surface area contributed by atoms with Crippen molar-refractivity contribution in [2.45, 2.75) is 19.8 Å². The Hall–Kier alpha value is -0.460. The lowest BCUT2D eigenvalue weighted by atomic mass is 10.3. The maximum absolute atomic E-state index is 4.41. The van der Waals surface area contributed by atoms with E-state index in [-0.39, 0.29) is 0 Å². The number of ether oxygens (including phenoxy) is 1. The summed E-state index contributed by atoms with van der Waals surface area (Å²) in [6, 6.07) is 0. The normalized spacial score (nSPS) is 10.0. The molecular formula is C6H11O. The Morgan fingerprint density at radius 3 is 2.86 bits per heavy atom. The van der Waals surface area contributed by atoms with Crippen molar-refractivity contribution in [3.05, 3.63) is 19.4 Å². The van der Waals surface area contributed by atoms with Gasteiger partial charge < -0.3 is 4.74 Å². The molecule has 1 heteroatoms. The third-order valence-electron chi connectivity index (χ3n) is 0.648. The molecule has 0 unspecified atom stereocenters. The van der Waals surface area contributed by atoms with Gasteiger partial charge in [0, 0.05) is 0 Å². The van der Waals surface area contributed by atoms with E-state index in [0.717, 1.165) is 6.42 Å². The van der Waals surface area contributed by atoms with E-state index in [4.69, 9.17) is 0 Å². The molecule has 0 heterocycles. The maximum Gasteiger partial charge on any atom is 0.121 e. The van der Waals surface area contributed by atoms with Crippen LogP contribution in [0.1, 0.15) is 19.8 Å². The van der Waals surface area contributed by atoms with Gasteiger partial charge in [-0.2, -0.15) is 0 Å². The molecular weight excluding hydrogens is 88.1 g/mol. The van der Waals surface area contributed by atoms with Crippen LogP contribution >= 0.6 is 0 Å². The summed E-state index contributed by atoms with van der Waals surface area (Å²) < 4.78 is 4.41. The first kappa shape index (κ1) is 6.54. The molecule has 1 radical (unpaired) electrons. The minimum Gasteiger partial charge on any atom is -0.498 e. The van der Waals surface area contributed by atoms with Crippen LogP contribution in [-0.2, 0) is 4.74 Å². The minimum absolute atomic E-state index is 1.08. The fourth-order valence-electron chi connectivity index (χ4n) is 0.303. The minimum atomic E-state index is 1.08. The Morgan fingerprint density at radius 2 is 2.43 bits per heavy atom. The van der Waals surface area contributed by atoms with Gasteiger partial charge in [-0.3, -0.25) is 0 Å². The molecule has 0 aromatic rings. The average molecular weight is 99.2 g/mol. The fraction of sp³-hybridized carbons (Fsp3) is 0.500. The highest BCUT2D eigenvalue weighted by Gasteiger charge is 1.68. The van der Waals surface area contributed by atoms with E-state index in [1.807, 2.05) is 6.08 Å². The van der Waals surface area contributed by atoms with Gasteiger partial charge in [-0.05, 0) is 12.5 Å². The lowest BCUT2D eigenvalue weighted by Gasteiger charge is -1.83. The monoisotopic (exact) mass is 99.1 g/mol. The summed E-state index contributed by atoms with van der Waals surface area (Å²) in [6.07, 6.45) is 5.80. The average Bonchev–Trinajstić information content (AvgIpc) is 1.69. The second kappa shape index (κ2) is 5.54. The van der Waals surface area contributed by atoms with Crippen molar-refractivity contribution in [2.75, 3.05) is 0 Å². The fourth-order valence-corrected chi connectivity index (χ4v) is 0.303. The first-order valence-electron chi connectivity index (χ1n) is 2.47. The number of unbranched alkanes of at least 4 members (excludes halogenated alkanes) is 1. The smallest absolute Gasteiger partial charge is 0.121 e. The zero-order chi connectivity index (χ0) is 5.54. The maximum atomic E-state index is 4.41. The van der Waals surface area contributed by atoms with Gasteiger partial charge in [0.25, 0.3) is 0 Å². The summed E-state index contributed by atoms with van der Waals surface area (Å²) in [5.74, 6) is 0. The Bertz CT molecular complexity index is 48.1. The summed E-state index contributed by atoms with van der Waals surface area (Å²) in [4.78, 5) is 0. The Kier molecular flexibility index (Phi) is 5.18. The van der Waals surface area contributed by atoms with E-state index in [2.05, 4.69) is 18.8 Å². The van der Waals surface area contributed by atoms with Crippen LogP contribution in [0, 0.1) is 7.11 Å². The summed E-state index contributed by atoms with van der Waals surface area (Å²) >= 11 is 0. The molecule has 0 bridgehead atoms. The van der Waals surface area contributed by atoms with Gasteiger partial charge >= 0.3 is 0 Å². The molecule has 0 aliphatic carbocycles. The Balaban J connectivity index is 2.78. The second-order valence-corrected chi connectivity index (χ2v) is 1.33. The molecule has 0 spiro atoms. The molecule has 0 aliphatic rings. The van der Waals surface area contributed by atoms with Gasteiger partial charge in [0.2, 0.25) is 0 Å². The highest BCUT2D eigenvalue weighted by molar-refractivity contribution is 4.71. The standard InChI is InChI=1S/C6H11O/c1-3-4-5-6-7-2/h5-6H,2-4H2,1H3/b6-5-. The SMILES string of the molecule is [CH2]O/C=C\CCC. The second-order valence-electron chi connectivity index (χ2n) is 1.33. The van der Waals surface area contributed by atoms with Crippen molar-refractivity contribution in [1.82, 2.24) is 0 Å². The van der Waals surface area contributed by atoms with Crippen LogP contribution in [-0.4, -0.2) is 0 Å². The highest BCUT2D eigenvalue weighted by atomic mass is 16.5. The first-order valence-corrected chi connectivity index (χ1v) is 2.47. The van der Waals surface area contributed by atoms with Crippen molar-refractivity contribution >= 4 is 0 Å². The van der Waals surface area contributed by atoms with Crippen LogP contribution in [0.5, 0.6) is 0 Å². The molecule has 0 saturated heterocycles. The predicted octanol–water partition coefficient (Wildman–Crippen LogP) is 2.11. The Morgan fingerprint density at radius 1 is 1.71 bits per heavy atom. The molecule has 0 rings (SSSR count). The molecule has 0 fully saturated rings. The molecule has 0 atom stereocenters. The Labute approximate surface area is 45.0 Å². The molecule has 7 heavy (non-hydrogen) atoms. The third kappa shape index (κ3) is 5.54. The van der Waals surface area contributed by atoms with Crippen molar-refractivity contribution in [2.24, 2.45) is 0 Å². The van der Waals surface area contributed by atoms with E-state index in [0.29, 0.717) is 0 Å². The van der Waals surface area contributed by atoms with Gasteiger partial charge in [-0.25, -0.2) is 0 Å². The topological polar surface area (TPSA) is 9.23 Å². The molecule has 41 valence electrons. The van der Waals surface area contributed by atoms with Crippen molar-refractivity contribution in [3.63, 3.8) is 0 Å². The van der Waals surface area contributed by atoms with Crippen LogP contribution in [0.25, 0.3) is 0 Å². The largest absolute Gasteiger partial charge is 0.498 e. The molecule has 1 nitrogen and oxygen atoms in total. The number of hydrogen-bond donors (Lipinski definition) is 0. The third-order valence-corrected chi connectivity index (χ3v) is 0.648. The van der Waals surface area contributed by atoms with E-state index in [1.165, 1.54) is 6.42 Å². The molecule has 0 aromatic heterocycles. The molecule has 0 amide bonds. The van der Waals surface area contributed by atoms with Gasteiger partial charge in [0.1, 0.15) is 7.11 Å². The zero-order valence-corrected chi connectivity index (χ0v) is 4.68. The van der Waals surface area contributed by atoms with Crippen LogP contribution in [0.4, 0.5) is 0 Å². The summed E-state index contributed by atoms with van der Waals surface area (Å²) in [5, 5.41) is 0. The van der Waals surface area contributed by atoms with Gasteiger partial charge in [0.15, 0.2) is 0 Å². The molecule has 0 aromatic carbocycles. The van der Waals surface area contributed by atoms with Gasteiger partial charge in [0.05, 0.1) is 6.26 Å². The molecule has 0 saturated carbocycles. The first-order chi connectivity index (χ1) is 3.41. The van der Waals surface area contributed by atoms with Crippen molar-refractivity contribution in [3.8, 4) is 0 Å². The van der Waals surface area contributed by atoms with Crippen molar-refractivity contribution < 1.29 is 4.74 Å². The summed E-state index contributed by atoms with van der Waals surface area (Å²) in [6.45, 7) is 2.12. The van der Waals surface area contributed by atoms with Gasteiger partial charge in [-0.15, -0.1) is 0 Å². The number of allylic oxidation sites excluding steroid dienone is 1. The van der Waals surface area contributed by atoms with E-state index in [1.54, 1.807) is 6.26 Å². The summed E-state index contributed by atoms with van der Waals surface area (Å²) in [7, 11) is 3.17. The quantitative estimate of drug-likeness (QED) is 0.492. The predicted molar refractivity (Wildman–Crippen MR) is 30.5 cm³/mol.